The maximum Gasteiger partial charge on any atom is 0.240 e. The second-order valence-corrected chi connectivity index (χ2v) is 5.28. The Labute approximate surface area is 102 Å². The van der Waals surface area contributed by atoms with Gasteiger partial charge in [0.15, 0.2) is 0 Å². The maximum atomic E-state index is 11.3. The Morgan fingerprint density at radius 1 is 1.18 bits per heavy atom. The lowest BCUT2D eigenvalue weighted by Gasteiger charge is -2.10. The van der Waals surface area contributed by atoms with E-state index in [2.05, 4.69) is 5.32 Å². The third-order valence-electron chi connectivity index (χ3n) is 2.34. The van der Waals surface area contributed by atoms with Gasteiger partial charge in [0.05, 0.1) is 5.69 Å². The van der Waals surface area contributed by atoms with Crippen LogP contribution in [0.3, 0.4) is 0 Å². The summed E-state index contributed by atoms with van der Waals surface area (Å²) in [5.41, 5.74) is 0.527. The first-order valence-electron chi connectivity index (χ1n) is 5.52. The van der Waals surface area contributed by atoms with E-state index in [4.69, 9.17) is 10.2 Å². The molecule has 0 atom stereocenters. The van der Waals surface area contributed by atoms with Crippen LogP contribution in [0.1, 0.15) is 19.3 Å². The molecule has 1 aromatic carbocycles. The maximum absolute atomic E-state index is 11.3. The quantitative estimate of drug-likeness (QED) is 0.634. The van der Waals surface area contributed by atoms with Gasteiger partial charge in [-0.1, -0.05) is 12.1 Å². The van der Waals surface area contributed by atoms with Crippen molar-refractivity contribution in [1.29, 1.82) is 0 Å². The molecule has 0 aliphatic rings. The van der Waals surface area contributed by atoms with Crippen LogP contribution < -0.4 is 10.5 Å². The van der Waals surface area contributed by atoms with Crippen LogP contribution in [0.15, 0.2) is 29.2 Å². The largest absolute Gasteiger partial charge is 0.396 e. The minimum Gasteiger partial charge on any atom is -0.396 e. The lowest BCUT2D eigenvalue weighted by Crippen LogP contribution is -2.15. The van der Waals surface area contributed by atoms with Crippen molar-refractivity contribution < 1.29 is 13.5 Å². The van der Waals surface area contributed by atoms with Crippen molar-refractivity contribution in [2.24, 2.45) is 5.14 Å². The van der Waals surface area contributed by atoms with Crippen LogP contribution in [0, 0.1) is 0 Å². The molecule has 17 heavy (non-hydrogen) atoms. The van der Waals surface area contributed by atoms with Crippen LogP contribution >= 0.6 is 0 Å². The lowest BCUT2D eigenvalue weighted by atomic mass is 10.2. The topological polar surface area (TPSA) is 92.4 Å². The second-order valence-electron chi connectivity index (χ2n) is 3.75. The number of rotatable bonds is 7. The fourth-order valence-electron chi connectivity index (χ4n) is 1.50. The van der Waals surface area contributed by atoms with Crippen molar-refractivity contribution in [2.75, 3.05) is 18.5 Å². The number of aliphatic hydroxyl groups is 1. The van der Waals surface area contributed by atoms with Crippen molar-refractivity contribution in [3.8, 4) is 0 Å². The molecule has 0 fully saturated rings. The highest BCUT2D eigenvalue weighted by Crippen LogP contribution is 2.19. The Morgan fingerprint density at radius 3 is 2.53 bits per heavy atom. The number of sulfonamides is 1. The Hall–Kier alpha value is -1.11. The van der Waals surface area contributed by atoms with Crippen LogP contribution in [0.25, 0.3) is 0 Å². The van der Waals surface area contributed by atoms with Gasteiger partial charge in [-0.15, -0.1) is 0 Å². The monoisotopic (exact) mass is 258 g/mol. The first-order chi connectivity index (χ1) is 8.05. The lowest BCUT2D eigenvalue weighted by molar-refractivity contribution is 0.283. The van der Waals surface area contributed by atoms with Gasteiger partial charge >= 0.3 is 0 Å². The van der Waals surface area contributed by atoms with Gasteiger partial charge < -0.3 is 10.4 Å². The molecule has 6 heteroatoms. The van der Waals surface area contributed by atoms with E-state index < -0.39 is 10.0 Å². The van der Waals surface area contributed by atoms with E-state index >= 15 is 0 Å². The molecule has 0 heterocycles. The van der Waals surface area contributed by atoms with E-state index in [1.807, 2.05) is 0 Å². The summed E-state index contributed by atoms with van der Waals surface area (Å²) in [6.07, 6.45) is 2.54. The second kappa shape index (κ2) is 6.58. The van der Waals surface area contributed by atoms with Crippen LogP contribution in [0.5, 0.6) is 0 Å². The molecule has 5 nitrogen and oxygen atoms in total. The molecule has 1 aromatic rings. The average Bonchev–Trinajstić information content (AvgIpc) is 2.28. The number of nitrogens with one attached hydrogen (secondary N) is 1. The third-order valence-corrected chi connectivity index (χ3v) is 3.31. The average molecular weight is 258 g/mol. The molecule has 0 aromatic heterocycles. The zero-order valence-corrected chi connectivity index (χ0v) is 10.4. The highest BCUT2D eigenvalue weighted by atomic mass is 32.2. The van der Waals surface area contributed by atoms with Crippen LogP contribution in [0.2, 0.25) is 0 Å². The Morgan fingerprint density at radius 2 is 1.88 bits per heavy atom. The molecule has 0 saturated heterocycles. The smallest absolute Gasteiger partial charge is 0.240 e. The summed E-state index contributed by atoms with van der Waals surface area (Å²) >= 11 is 0. The van der Waals surface area contributed by atoms with Crippen molar-refractivity contribution in [1.82, 2.24) is 0 Å². The number of primary sulfonamides is 1. The van der Waals surface area contributed by atoms with E-state index in [9.17, 15) is 8.42 Å². The van der Waals surface area contributed by atoms with Crippen LogP contribution in [-0.4, -0.2) is 26.7 Å². The molecule has 96 valence electrons. The molecule has 0 bridgehead atoms. The molecule has 0 radical (unpaired) electrons. The number of para-hydroxylation sites is 1. The molecule has 0 spiro atoms. The van der Waals surface area contributed by atoms with Crippen molar-refractivity contribution >= 4 is 15.7 Å². The predicted octanol–water partition coefficient (Wildman–Crippen LogP) is 0.908. The molecule has 4 N–H and O–H groups in total. The minimum absolute atomic E-state index is 0.113. The molecular weight excluding hydrogens is 240 g/mol. The van der Waals surface area contributed by atoms with Gasteiger partial charge in [-0.2, -0.15) is 0 Å². The minimum atomic E-state index is -3.68. The third kappa shape index (κ3) is 4.72. The SMILES string of the molecule is NS(=O)(=O)c1ccccc1NCCCCCO. The Balaban J connectivity index is 2.59. The fourth-order valence-corrected chi connectivity index (χ4v) is 2.21. The van der Waals surface area contributed by atoms with Crippen molar-refractivity contribution in [3.63, 3.8) is 0 Å². The summed E-state index contributed by atoms with van der Waals surface area (Å²) in [6, 6.07) is 6.55. The Bertz CT molecular complexity index is 446. The number of hydrogen-bond donors (Lipinski definition) is 3. The molecule has 0 unspecified atom stereocenters. The summed E-state index contributed by atoms with van der Waals surface area (Å²) in [5, 5.41) is 16.8. The van der Waals surface area contributed by atoms with E-state index in [1.165, 1.54) is 6.07 Å². The first-order valence-corrected chi connectivity index (χ1v) is 7.07. The van der Waals surface area contributed by atoms with Gasteiger partial charge in [0, 0.05) is 13.2 Å². The highest BCUT2D eigenvalue weighted by molar-refractivity contribution is 7.89. The Kier molecular flexibility index (Phi) is 5.40. The number of anilines is 1. The van der Waals surface area contributed by atoms with E-state index in [1.54, 1.807) is 18.2 Å². The van der Waals surface area contributed by atoms with Gasteiger partial charge in [0.2, 0.25) is 10.0 Å². The summed E-state index contributed by atoms with van der Waals surface area (Å²) in [4.78, 5) is 0.113. The van der Waals surface area contributed by atoms with E-state index in [0.717, 1.165) is 19.3 Å². The van der Waals surface area contributed by atoms with Gasteiger partial charge in [-0.25, -0.2) is 13.6 Å². The molecule has 1 rings (SSSR count). The van der Waals surface area contributed by atoms with Crippen molar-refractivity contribution in [2.45, 2.75) is 24.2 Å². The highest BCUT2D eigenvalue weighted by Gasteiger charge is 2.12. The summed E-state index contributed by atoms with van der Waals surface area (Å²) in [6.45, 7) is 0.848. The zero-order valence-electron chi connectivity index (χ0n) is 9.59. The number of hydrogen-bond acceptors (Lipinski definition) is 4. The van der Waals surface area contributed by atoms with Crippen LogP contribution in [0.4, 0.5) is 5.69 Å². The molecule has 0 amide bonds. The predicted molar refractivity (Wildman–Crippen MR) is 67.2 cm³/mol. The molecule has 0 saturated carbocycles. The van der Waals surface area contributed by atoms with E-state index in [-0.39, 0.29) is 11.5 Å². The van der Waals surface area contributed by atoms with Gasteiger partial charge in [-0.05, 0) is 31.4 Å². The standard InChI is InChI=1S/C11H18N2O3S/c12-17(15,16)11-7-3-2-6-10(11)13-8-4-1-5-9-14/h2-3,6-7,13-14H,1,4-5,8-9H2,(H2,12,15,16). The summed E-state index contributed by atoms with van der Waals surface area (Å²) in [5.74, 6) is 0. The van der Waals surface area contributed by atoms with Crippen molar-refractivity contribution in [3.05, 3.63) is 24.3 Å². The number of aliphatic hydroxyl groups excluding tert-OH is 1. The summed E-state index contributed by atoms with van der Waals surface area (Å²) in [7, 11) is -3.68. The molecule has 0 aliphatic heterocycles. The zero-order chi connectivity index (χ0) is 12.7. The van der Waals surface area contributed by atoms with Gasteiger partial charge in [0.25, 0.3) is 0 Å². The first kappa shape index (κ1) is 14.0. The van der Waals surface area contributed by atoms with Crippen LogP contribution in [-0.2, 0) is 10.0 Å². The van der Waals surface area contributed by atoms with Gasteiger partial charge in [-0.3, -0.25) is 0 Å². The number of unbranched alkanes of at least 4 members (excludes halogenated alkanes) is 2. The van der Waals surface area contributed by atoms with E-state index in [0.29, 0.717) is 12.2 Å². The molecule has 0 aliphatic carbocycles. The number of benzene rings is 1. The normalized spacial score (nSPS) is 11.4. The summed E-state index contributed by atoms with van der Waals surface area (Å²) < 4.78 is 22.6. The van der Waals surface area contributed by atoms with Gasteiger partial charge in [0.1, 0.15) is 4.90 Å². The fraction of sp³-hybridized carbons (Fsp3) is 0.455. The number of nitrogens with two attached hydrogens (primary N) is 1. The molecular formula is C11H18N2O3S.